The number of aromatic nitrogens is 1. The molecule has 1 aromatic heterocycles. The van der Waals surface area contributed by atoms with Crippen molar-refractivity contribution in [3.63, 3.8) is 0 Å². The van der Waals surface area contributed by atoms with E-state index in [2.05, 4.69) is 48.1 Å². The molecule has 4 rings (SSSR count). The summed E-state index contributed by atoms with van der Waals surface area (Å²) in [5, 5.41) is 4.42. The number of hydrogen-bond acceptors (Lipinski definition) is 1. The number of fused-ring (bicyclic) bond motifs is 2. The van der Waals surface area contributed by atoms with Crippen molar-refractivity contribution >= 4 is 29.7 Å². The topological polar surface area (TPSA) is 22.0 Å². The van der Waals surface area contributed by atoms with Crippen LogP contribution in [0.1, 0.15) is 34.3 Å². The highest BCUT2D eigenvalue weighted by Gasteiger charge is 2.21. The maximum absolute atomic E-state index is 12.1. The predicted octanol–water partition coefficient (Wildman–Crippen LogP) is 3.22. The summed E-state index contributed by atoms with van der Waals surface area (Å²) in [5.41, 5.74) is 3.41. The average molecular weight is 315 g/mol. The highest BCUT2D eigenvalue weighted by molar-refractivity contribution is 6.01. The second kappa shape index (κ2) is 5.79. The van der Waals surface area contributed by atoms with E-state index in [1.54, 1.807) is 0 Å². The first-order valence-electron chi connectivity index (χ1n) is 8.56. The number of hydrogen-bond donors (Lipinski definition) is 0. The zero-order chi connectivity index (χ0) is 16.7. The number of ketones is 1. The Morgan fingerprint density at radius 1 is 0.917 bits per heavy atom. The van der Waals surface area contributed by atoms with Crippen molar-refractivity contribution in [2.24, 2.45) is 0 Å². The van der Waals surface area contributed by atoms with Gasteiger partial charge in [-0.25, -0.2) is 0 Å². The molecule has 1 heterocycles. The minimum Gasteiger partial charge on any atom is -0.341 e. The molecule has 2 heteroatoms. The summed E-state index contributed by atoms with van der Waals surface area (Å²) in [7, 11) is 0. The molecule has 0 saturated carbocycles. The lowest BCUT2D eigenvalue weighted by molar-refractivity contribution is 0.0993. The van der Waals surface area contributed by atoms with Crippen molar-refractivity contribution in [2.45, 2.75) is 32.2 Å². The fourth-order valence-electron chi connectivity index (χ4n) is 3.94. The van der Waals surface area contributed by atoms with E-state index in [4.69, 9.17) is 0 Å². The zero-order valence-corrected chi connectivity index (χ0v) is 13.8. The molecule has 3 aromatic rings. The molecule has 2 nitrogen and oxygen atoms in total. The van der Waals surface area contributed by atoms with Crippen LogP contribution in [0.25, 0.3) is 23.9 Å². The van der Waals surface area contributed by atoms with Gasteiger partial charge in [0.1, 0.15) is 0 Å². The van der Waals surface area contributed by atoms with Crippen LogP contribution in [0.15, 0.2) is 42.5 Å². The molecule has 0 amide bonds. The van der Waals surface area contributed by atoms with E-state index in [0.29, 0.717) is 12.2 Å². The van der Waals surface area contributed by atoms with Crippen LogP contribution in [0.2, 0.25) is 0 Å². The minimum absolute atomic E-state index is 0.308. The van der Waals surface area contributed by atoms with Crippen molar-refractivity contribution in [1.82, 2.24) is 4.57 Å². The van der Waals surface area contributed by atoms with Gasteiger partial charge in [-0.3, -0.25) is 4.79 Å². The van der Waals surface area contributed by atoms with Crippen LogP contribution >= 0.6 is 0 Å². The Bertz CT molecular complexity index is 995. The maximum atomic E-state index is 12.1. The summed E-state index contributed by atoms with van der Waals surface area (Å²) in [6, 6.07) is 14.6. The highest BCUT2D eigenvalue weighted by atomic mass is 16.1. The molecule has 0 aliphatic heterocycles. The number of carbonyl (C=O) groups excluding carboxylic acids is 1. The first kappa shape index (κ1) is 14.9. The van der Waals surface area contributed by atoms with Crippen LogP contribution in [-0.2, 0) is 19.4 Å². The molecule has 1 aliphatic carbocycles. The highest BCUT2D eigenvalue weighted by Crippen LogP contribution is 2.26. The monoisotopic (exact) mass is 315 g/mol. The molecule has 120 valence electrons. The van der Waals surface area contributed by atoms with E-state index in [9.17, 15) is 4.79 Å². The number of nitrogens with zero attached hydrogens (tertiary/aromatic N) is 1. The Morgan fingerprint density at radius 2 is 1.62 bits per heavy atom. The van der Waals surface area contributed by atoms with Crippen LogP contribution in [0.4, 0.5) is 0 Å². The molecule has 0 atom stereocenters. The van der Waals surface area contributed by atoms with Crippen LogP contribution < -0.4 is 10.7 Å². The van der Waals surface area contributed by atoms with Gasteiger partial charge < -0.3 is 4.57 Å². The maximum Gasteiger partial charge on any atom is 0.163 e. The van der Waals surface area contributed by atoms with E-state index in [1.807, 2.05) is 12.1 Å². The second-order valence-electron chi connectivity index (χ2n) is 6.57. The van der Waals surface area contributed by atoms with Crippen LogP contribution in [0.5, 0.6) is 0 Å². The van der Waals surface area contributed by atoms with Crippen molar-refractivity contribution < 1.29 is 4.79 Å². The van der Waals surface area contributed by atoms with E-state index in [-0.39, 0.29) is 0 Å². The van der Waals surface area contributed by atoms with Crippen molar-refractivity contribution in [2.75, 3.05) is 0 Å². The Labute approximate surface area is 141 Å². The fourth-order valence-corrected chi connectivity index (χ4v) is 3.94. The third-order valence-corrected chi connectivity index (χ3v) is 5.17. The summed E-state index contributed by atoms with van der Waals surface area (Å²) < 4.78 is 2.20. The largest absolute Gasteiger partial charge is 0.341 e. The lowest BCUT2D eigenvalue weighted by atomic mass is 9.99. The molecule has 0 saturated heterocycles. The number of rotatable bonds is 4. The van der Waals surface area contributed by atoms with Gasteiger partial charge in [0, 0.05) is 40.0 Å². The van der Waals surface area contributed by atoms with Gasteiger partial charge in [0.15, 0.2) is 5.78 Å². The van der Waals surface area contributed by atoms with Gasteiger partial charge >= 0.3 is 0 Å². The van der Waals surface area contributed by atoms with Gasteiger partial charge in [-0.05, 0) is 30.4 Å². The first-order chi connectivity index (χ1) is 11.7. The molecule has 0 unspecified atom stereocenters. The van der Waals surface area contributed by atoms with Crippen molar-refractivity contribution in [1.29, 1.82) is 0 Å². The summed E-state index contributed by atoms with van der Waals surface area (Å²) in [5.74, 6) is 0.308. The quantitative estimate of drug-likeness (QED) is 0.724. The second-order valence-corrected chi connectivity index (χ2v) is 6.57. The van der Waals surface area contributed by atoms with Gasteiger partial charge in [0.05, 0.1) is 0 Å². The van der Waals surface area contributed by atoms with Gasteiger partial charge in [0.25, 0.3) is 0 Å². The number of benzene rings is 2. The van der Waals surface area contributed by atoms with Crippen molar-refractivity contribution in [3.05, 3.63) is 69.9 Å². The standard InChI is InChI=1S/C22H21NO/c1-15-19-10-3-4-11-20(19)16(2)23(15)14-6-9-17-7-5-8-18-12-13-21(24)22(17)18/h3-5,7-8,10-11H,1-2,6,9,12-14H2. The van der Waals surface area contributed by atoms with Crippen LogP contribution in [0.3, 0.4) is 0 Å². The van der Waals surface area contributed by atoms with Gasteiger partial charge in [0.2, 0.25) is 0 Å². The molecule has 0 bridgehead atoms. The smallest absolute Gasteiger partial charge is 0.163 e. The third kappa shape index (κ3) is 2.30. The molecule has 0 spiro atoms. The Balaban J connectivity index is 1.58. The summed E-state index contributed by atoms with van der Waals surface area (Å²) in [6.07, 6.45) is 3.47. The molecule has 1 aliphatic rings. The molecule has 0 fully saturated rings. The van der Waals surface area contributed by atoms with E-state index >= 15 is 0 Å². The predicted molar refractivity (Wildman–Crippen MR) is 99.6 cm³/mol. The Hall–Kier alpha value is -2.61. The minimum atomic E-state index is 0.308. The lowest BCUT2D eigenvalue weighted by Crippen LogP contribution is -2.25. The third-order valence-electron chi connectivity index (χ3n) is 5.17. The lowest BCUT2D eigenvalue weighted by Gasteiger charge is -2.09. The van der Waals surface area contributed by atoms with Crippen LogP contribution in [-0.4, -0.2) is 10.4 Å². The van der Waals surface area contributed by atoms with E-state index in [1.165, 1.54) is 21.9 Å². The molecule has 0 N–H and O–H groups in total. The molecule has 0 radical (unpaired) electrons. The summed E-state index contributed by atoms with van der Waals surface area (Å²) in [6.45, 7) is 9.35. The molecule has 2 aromatic carbocycles. The molecule has 24 heavy (non-hydrogen) atoms. The summed E-state index contributed by atoms with van der Waals surface area (Å²) in [4.78, 5) is 12.1. The number of carbonyl (C=O) groups is 1. The van der Waals surface area contributed by atoms with Gasteiger partial charge in [-0.2, -0.15) is 0 Å². The fraction of sp³-hybridized carbons (Fsp3) is 0.227. The Morgan fingerprint density at radius 3 is 2.33 bits per heavy atom. The van der Waals surface area contributed by atoms with Crippen molar-refractivity contribution in [3.8, 4) is 0 Å². The molecular weight excluding hydrogens is 294 g/mol. The normalized spacial score (nSPS) is 13.6. The summed E-state index contributed by atoms with van der Waals surface area (Å²) >= 11 is 0. The average Bonchev–Trinajstić information content (AvgIpc) is 3.09. The van der Waals surface area contributed by atoms with E-state index < -0.39 is 0 Å². The number of aryl methyl sites for hydroxylation is 2. The van der Waals surface area contributed by atoms with E-state index in [0.717, 1.165) is 42.1 Å². The van der Waals surface area contributed by atoms with Crippen LogP contribution in [0, 0.1) is 0 Å². The van der Waals surface area contributed by atoms with Gasteiger partial charge in [-0.1, -0.05) is 55.6 Å². The molecular formula is C22H21NO. The van der Waals surface area contributed by atoms with Gasteiger partial charge in [-0.15, -0.1) is 0 Å². The first-order valence-corrected chi connectivity index (χ1v) is 8.56. The SMILES string of the molecule is C=c1c2ccccc2c(=C)n1CCCc1cccc2c1C(=O)CC2. The zero-order valence-electron chi connectivity index (χ0n) is 13.8. The Kier molecular flexibility index (Phi) is 3.61. The number of Topliss-reactive ketones (excluding diaryl/α,β-unsaturated/α-hetero) is 1.